The Hall–Kier alpha value is -2.62. The number of fused-ring (bicyclic) bond motifs is 1. The number of carbonyl (C=O) groups excluding carboxylic acids is 1. The Morgan fingerprint density at radius 2 is 2.00 bits per heavy atom. The van der Waals surface area contributed by atoms with Crippen LogP contribution in [-0.4, -0.2) is 15.9 Å². The second kappa shape index (κ2) is 4.00. The highest BCUT2D eigenvalue weighted by Gasteiger charge is 2.11. The number of imidazole rings is 1. The van der Waals surface area contributed by atoms with E-state index >= 15 is 0 Å². The van der Waals surface area contributed by atoms with Crippen LogP contribution in [0.2, 0.25) is 0 Å². The van der Waals surface area contributed by atoms with Crippen molar-refractivity contribution >= 4 is 16.9 Å². The average Bonchev–Trinajstić information content (AvgIpc) is 2.83. The Kier molecular flexibility index (Phi) is 2.34. The van der Waals surface area contributed by atoms with E-state index in [1.54, 1.807) is 12.1 Å². The summed E-state index contributed by atoms with van der Waals surface area (Å²) in [7, 11) is 0. The van der Waals surface area contributed by atoms with E-state index in [0.717, 1.165) is 11.1 Å². The molecule has 1 radical (unpaired) electrons. The van der Waals surface area contributed by atoms with Crippen molar-refractivity contribution in [2.75, 3.05) is 0 Å². The van der Waals surface area contributed by atoms with E-state index in [9.17, 15) is 4.79 Å². The summed E-state index contributed by atoms with van der Waals surface area (Å²) in [6.45, 7) is 0. The fraction of sp³-hybridized carbons (Fsp3) is 0. The minimum Gasteiger partial charge on any atom is -0.366 e. The molecule has 2 aromatic carbocycles. The lowest BCUT2D eigenvalue weighted by atomic mass is 10.2. The number of aromatic amines is 1. The second-order valence-electron chi connectivity index (χ2n) is 3.94. The predicted molar refractivity (Wildman–Crippen MR) is 68.9 cm³/mol. The van der Waals surface area contributed by atoms with E-state index < -0.39 is 5.91 Å². The van der Waals surface area contributed by atoms with E-state index in [1.807, 2.05) is 30.3 Å². The Balaban J connectivity index is 2.23. The van der Waals surface area contributed by atoms with Crippen LogP contribution in [0, 0.1) is 6.07 Å². The molecule has 87 valence electrons. The molecule has 4 nitrogen and oxygen atoms in total. The van der Waals surface area contributed by atoms with E-state index in [0.29, 0.717) is 16.9 Å². The third-order valence-electron chi connectivity index (χ3n) is 2.77. The first-order valence-corrected chi connectivity index (χ1v) is 5.51. The zero-order valence-corrected chi connectivity index (χ0v) is 9.47. The molecule has 3 aromatic rings. The molecule has 3 N–H and O–H groups in total. The molecule has 0 unspecified atom stereocenters. The molecule has 1 heterocycles. The van der Waals surface area contributed by atoms with Crippen LogP contribution in [0.5, 0.6) is 0 Å². The van der Waals surface area contributed by atoms with Gasteiger partial charge in [0.25, 0.3) is 5.91 Å². The number of hydrogen-bond donors (Lipinski definition) is 2. The third kappa shape index (κ3) is 1.64. The van der Waals surface area contributed by atoms with E-state index in [-0.39, 0.29) is 0 Å². The minimum atomic E-state index is -0.472. The van der Waals surface area contributed by atoms with Gasteiger partial charge in [-0.25, -0.2) is 4.98 Å². The molecule has 0 saturated carbocycles. The van der Waals surface area contributed by atoms with E-state index in [2.05, 4.69) is 16.0 Å². The number of para-hydroxylation sites is 1. The molecule has 3 rings (SSSR count). The SMILES string of the molecule is NC(=O)c1cccc2[nH]c(-c3cc[c]cc3)nc12. The summed E-state index contributed by atoms with van der Waals surface area (Å²) in [4.78, 5) is 18.9. The van der Waals surface area contributed by atoms with Crippen molar-refractivity contribution in [2.24, 2.45) is 5.73 Å². The highest BCUT2D eigenvalue weighted by molar-refractivity contribution is 6.04. The van der Waals surface area contributed by atoms with Crippen LogP contribution in [0.15, 0.2) is 42.5 Å². The number of hydrogen-bond acceptors (Lipinski definition) is 2. The Bertz CT molecular complexity index is 716. The molecule has 0 spiro atoms. The van der Waals surface area contributed by atoms with Gasteiger partial charge < -0.3 is 10.7 Å². The molecular weight excluding hydrogens is 226 g/mol. The van der Waals surface area contributed by atoms with Crippen LogP contribution in [0.25, 0.3) is 22.4 Å². The summed E-state index contributed by atoms with van der Waals surface area (Å²) in [5, 5.41) is 0. The fourth-order valence-corrected chi connectivity index (χ4v) is 1.91. The molecule has 1 aromatic heterocycles. The number of carbonyl (C=O) groups is 1. The standard InChI is InChI=1S/C14H10N3O/c15-13(18)10-7-4-8-11-12(10)17-14(16-11)9-5-2-1-3-6-9/h2-8H,(H2,15,18)(H,16,17). The van der Waals surface area contributed by atoms with E-state index in [4.69, 9.17) is 5.73 Å². The summed E-state index contributed by atoms with van der Waals surface area (Å²) < 4.78 is 0. The van der Waals surface area contributed by atoms with Crippen LogP contribution in [0.4, 0.5) is 0 Å². The quantitative estimate of drug-likeness (QED) is 0.715. The third-order valence-corrected chi connectivity index (χ3v) is 2.77. The predicted octanol–water partition coefficient (Wildman–Crippen LogP) is 2.13. The molecule has 18 heavy (non-hydrogen) atoms. The van der Waals surface area contributed by atoms with Gasteiger partial charge in [-0.15, -0.1) is 0 Å². The Morgan fingerprint density at radius 1 is 1.22 bits per heavy atom. The van der Waals surface area contributed by atoms with Crippen LogP contribution < -0.4 is 5.73 Å². The van der Waals surface area contributed by atoms with Gasteiger partial charge in [0.15, 0.2) is 0 Å². The van der Waals surface area contributed by atoms with Crippen molar-refractivity contribution in [3.8, 4) is 11.4 Å². The lowest BCUT2D eigenvalue weighted by Gasteiger charge is -1.94. The highest BCUT2D eigenvalue weighted by Crippen LogP contribution is 2.22. The molecule has 0 saturated heterocycles. The molecule has 0 aliphatic carbocycles. The number of rotatable bonds is 2. The number of amides is 1. The molecule has 1 amide bonds. The largest absolute Gasteiger partial charge is 0.366 e. The zero-order chi connectivity index (χ0) is 12.5. The fourth-order valence-electron chi connectivity index (χ4n) is 1.91. The van der Waals surface area contributed by atoms with Crippen molar-refractivity contribution in [3.05, 3.63) is 54.1 Å². The first-order chi connectivity index (χ1) is 8.75. The summed E-state index contributed by atoms with van der Waals surface area (Å²) in [5.74, 6) is 0.243. The van der Waals surface area contributed by atoms with Crippen molar-refractivity contribution in [2.45, 2.75) is 0 Å². The van der Waals surface area contributed by atoms with Crippen molar-refractivity contribution in [1.29, 1.82) is 0 Å². The second-order valence-corrected chi connectivity index (χ2v) is 3.94. The van der Waals surface area contributed by atoms with Gasteiger partial charge in [-0.05, 0) is 18.2 Å². The van der Waals surface area contributed by atoms with Gasteiger partial charge >= 0.3 is 0 Å². The highest BCUT2D eigenvalue weighted by atomic mass is 16.1. The van der Waals surface area contributed by atoms with Crippen LogP contribution in [0.3, 0.4) is 0 Å². The average molecular weight is 236 g/mol. The lowest BCUT2D eigenvalue weighted by molar-refractivity contribution is 0.100. The van der Waals surface area contributed by atoms with Crippen LogP contribution >= 0.6 is 0 Å². The Labute approximate surface area is 103 Å². The lowest BCUT2D eigenvalue weighted by Crippen LogP contribution is -2.11. The molecule has 0 aliphatic rings. The van der Waals surface area contributed by atoms with Gasteiger partial charge in [-0.1, -0.05) is 30.3 Å². The van der Waals surface area contributed by atoms with Crippen molar-refractivity contribution in [3.63, 3.8) is 0 Å². The maximum Gasteiger partial charge on any atom is 0.250 e. The molecule has 0 atom stereocenters. The van der Waals surface area contributed by atoms with Crippen LogP contribution in [0.1, 0.15) is 10.4 Å². The van der Waals surface area contributed by atoms with Crippen LogP contribution in [-0.2, 0) is 0 Å². The number of benzene rings is 2. The Morgan fingerprint density at radius 3 is 2.72 bits per heavy atom. The maximum atomic E-state index is 11.3. The van der Waals surface area contributed by atoms with Crippen molar-refractivity contribution < 1.29 is 4.79 Å². The molecule has 4 heteroatoms. The number of nitrogens with zero attached hydrogens (tertiary/aromatic N) is 1. The summed E-state index contributed by atoms with van der Waals surface area (Å²) in [6, 6.07) is 15.7. The number of H-pyrrole nitrogens is 1. The molecule has 0 aliphatic heterocycles. The first kappa shape index (κ1) is 10.5. The van der Waals surface area contributed by atoms with Gasteiger partial charge in [0.05, 0.1) is 11.1 Å². The van der Waals surface area contributed by atoms with E-state index in [1.165, 1.54) is 0 Å². The number of nitrogens with two attached hydrogens (primary N) is 1. The minimum absolute atomic E-state index is 0.428. The molecular formula is C14H10N3O. The summed E-state index contributed by atoms with van der Waals surface area (Å²) >= 11 is 0. The van der Waals surface area contributed by atoms with Gasteiger partial charge in [-0.2, -0.15) is 0 Å². The zero-order valence-electron chi connectivity index (χ0n) is 9.47. The first-order valence-electron chi connectivity index (χ1n) is 5.51. The number of nitrogens with one attached hydrogen (secondary N) is 1. The molecule has 0 fully saturated rings. The normalized spacial score (nSPS) is 10.7. The van der Waals surface area contributed by atoms with Gasteiger partial charge in [0, 0.05) is 5.56 Å². The van der Waals surface area contributed by atoms with Gasteiger partial charge in [0.2, 0.25) is 0 Å². The number of primary amides is 1. The number of aromatic nitrogens is 2. The summed E-state index contributed by atoms with van der Waals surface area (Å²) in [6.07, 6.45) is 0. The molecule has 0 bridgehead atoms. The smallest absolute Gasteiger partial charge is 0.250 e. The van der Waals surface area contributed by atoms with Crippen molar-refractivity contribution in [1.82, 2.24) is 9.97 Å². The van der Waals surface area contributed by atoms with Gasteiger partial charge in [-0.3, -0.25) is 4.79 Å². The maximum absolute atomic E-state index is 11.3. The van der Waals surface area contributed by atoms with Gasteiger partial charge in [0.1, 0.15) is 11.3 Å². The topological polar surface area (TPSA) is 71.8 Å². The monoisotopic (exact) mass is 236 g/mol. The summed E-state index contributed by atoms with van der Waals surface area (Å²) in [5.41, 5.74) is 8.11.